The van der Waals surface area contributed by atoms with Crippen molar-refractivity contribution in [1.82, 2.24) is 0 Å². The molecule has 2 aromatic rings. The maximum absolute atomic E-state index is 5.96. The Morgan fingerprint density at radius 2 is 1.69 bits per heavy atom. The zero-order valence-corrected chi connectivity index (χ0v) is 9.74. The van der Waals surface area contributed by atoms with Gasteiger partial charge in [-0.25, -0.2) is 0 Å². The Hall–Kier alpha value is -1.31. The van der Waals surface area contributed by atoms with Crippen LogP contribution in [0.4, 0.5) is 0 Å². The lowest BCUT2D eigenvalue weighted by atomic mass is 10.00. The topological polar surface area (TPSA) is 26.0 Å². The highest BCUT2D eigenvalue weighted by Crippen LogP contribution is 2.17. The molecule has 0 heterocycles. The SMILES string of the molecule is NCc1ccccc1Cc1cccc(Cl)c1. The summed E-state index contributed by atoms with van der Waals surface area (Å²) < 4.78 is 0. The molecule has 0 fully saturated rings. The van der Waals surface area contributed by atoms with Crippen molar-refractivity contribution in [3.05, 3.63) is 70.2 Å². The molecule has 0 aliphatic carbocycles. The summed E-state index contributed by atoms with van der Waals surface area (Å²) in [5, 5.41) is 0.780. The molecular weight excluding hydrogens is 218 g/mol. The molecule has 2 aromatic carbocycles. The molecule has 0 spiro atoms. The van der Waals surface area contributed by atoms with Crippen molar-refractivity contribution in [2.75, 3.05) is 0 Å². The van der Waals surface area contributed by atoms with Crippen LogP contribution < -0.4 is 5.73 Å². The molecular formula is C14H14ClN. The minimum absolute atomic E-state index is 0.580. The Balaban J connectivity index is 2.26. The van der Waals surface area contributed by atoms with E-state index in [1.54, 1.807) is 0 Å². The molecule has 0 saturated carbocycles. The van der Waals surface area contributed by atoms with Crippen molar-refractivity contribution in [2.45, 2.75) is 13.0 Å². The highest BCUT2D eigenvalue weighted by atomic mass is 35.5. The van der Waals surface area contributed by atoms with Crippen molar-refractivity contribution in [1.29, 1.82) is 0 Å². The molecule has 2 rings (SSSR count). The molecule has 0 bridgehead atoms. The van der Waals surface area contributed by atoms with Crippen LogP contribution in [0.15, 0.2) is 48.5 Å². The van der Waals surface area contributed by atoms with Crippen molar-refractivity contribution < 1.29 is 0 Å². The maximum Gasteiger partial charge on any atom is 0.0408 e. The Morgan fingerprint density at radius 1 is 0.938 bits per heavy atom. The number of nitrogens with two attached hydrogens (primary N) is 1. The molecule has 0 saturated heterocycles. The van der Waals surface area contributed by atoms with Crippen LogP contribution in [-0.2, 0) is 13.0 Å². The third-order valence-corrected chi connectivity index (χ3v) is 2.86. The zero-order valence-electron chi connectivity index (χ0n) is 8.99. The molecule has 0 unspecified atom stereocenters. The minimum atomic E-state index is 0.580. The smallest absolute Gasteiger partial charge is 0.0408 e. The Bertz CT molecular complexity index is 480. The molecule has 16 heavy (non-hydrogen) atoms. The molecule has 0 amide bonds. The van der Waals surface area contributed by atoms with Crippen LogP contribution in [0.25, 0.3) is 0 Å². The average Bonchev–Trinajstić information content (AvgIpc) is 2.30. The van der Waals surface area contributed by atoms with Gasteiger partial charge in [-0.2, -0.15) is 0 Å². The van der Waals surface area contributed by atoms with Gasteiger partial charge in [-0.15, -0.1) is 0 Å². The fourth-order valence-electron chi connectivity index (χ4n) is 1.80. The lowest BCUT2D eigenvalue weighted by Gasteiger charge is -2.07. The second kappa shape index (κ2) is 5.15. The first kappa shape index (κ1) is 11.2. The molecule has 82 valence electrons. The number of benzene rings is 2. The monoisotopic (exact) mass is 231 g/mol. The summed E-state index contributed by atoms with van der Waals surface area (Å²) in [5.41, 5.74) is 9.39. The van der Waals surface area contributed by atoms with Crippen molar-refractivity contribution in [3.63, 3.8) is 0 Å². The van der Waals surface area contributed by atoms with E-state index < -0.39 is 0 Å². The van der Waals surface area contributed by atoms with E-state index in [-0.39, 0.29) is 0 Å². The van der Waals surface area contributed by atoms with Gasteiger partial charge in [0.05, 0.1) is 0 Å². The molecule has 0 aliphatic rings. The number of hydrogen-bond donors (Lipinski definition) is 1. The lowest BCUT2D eigenvalue weighted by Crippen LogP contribution is -2.01. The summed E-state index contributed by atoms with van der Waals surface area (Å²) in [6.07, 6.45) is 0.883. The van der Waals surface area contributed by atoms with Crippen LogP contribution in [0.5, 0.6) is 0 Å². The second-order valence-corrected chi connectivity index (χ2v) is 4.22. The maximum atomic E-state index is 5.96. The van der Waals surface area contributed by atoms with Gasteiger partial charge in [0.2, 0.25) is 0 Å². The second-order valence-electron chi connectivity index (χ2n) is 3.78. The summed E-state index contributed by atoms with van der Waals surface area (Å²) in [6, 6.07) is 16.2. The Kier molecular flexibility index (Phi) is 3.60. The van der Waals surface area contributed by atoms with Crippen molar-refractivity contribution in [3.8, 4) is 0 Å². The normalized spacial score (nSPS) is 10.4. The largest absolute Gasteiger partial charge is 0.326 e. The van der Waals surface area contributed by atoms with Crippen molar-refractivity contribution in [2.24, 2.45) is 5.73 Å². The standard InChI is InChI=1S/C14H14ClN/c15-14-7-3-4-11(9-14)8-12-5-1-2-6-13(12)10-16/h1-7,9H,8,10,16H2. The molecule has 0 radical (unpaired) electrons. The first-order chi connectivity index (χ1) is 7.79. The molecule has 1 nitrogen and oxygen atoms in total. The van der Waals surface area contributed by atoms with Crippen LogP contribution in [-0.4, -0.2) is 0 Å². The van der Waals surface area contributed by atoms with Gasteiger partial charge in [0.15, 0.2) is 0 Å². The van der Waals surface area contributed by atoms with Gasteiger partial charge in [-0.05, 0) is 35.2 Å². The summed E-state index contributed by atoms with van der Waals surface area (Å²) in [4.78, 5) is 0. The first-order valence-corrected chi connectivity index (χ1v) is 5.68. The highest BCUT2D eigenvalue weighted by molar-refractivity contribution is 6.30. The first-order valence-electron chi connectivity index (χ1n) is 5.31. The van der Waals surface area contributed by atoms with E-state index in [1.165, 1.54) is 16.7 Å². The summed E-state index contributed by atoms with van der Waals surface area (Å²) in [6.45, 7) is 0.580. The lowest BCUT2D eigenvalue weighted by molar-refractivity contribution is 1.02. The summed E-state index contributed by atoms with van der Waals surface area (Å²) in [5.74, 6) is 0. The zero-order chi connectivity index (χ0) is 11.4. The van der Waals surface area contributed by atoms with E-state index in [2.05, 4.69) is 18.2 Å². The van der Waals surface area contributed by atoms with Crippen molar-refractivity contribution >= 4 is 11.6 Å². The Labute approximate surface area is 101 Å². The number of halogens is 1. The minimum Gasteiger partial charge on any atom is -0.326 e. The van der Waals surface area contributed by atoms with Gasteiger partial charge in [-0.1, -0.05) is 48.0 Å². The predicted molar refractivity (Wildman–Crippen MR) is 68.6 cm³/mol. The van der Waals surface area contributed by atoms with E-state index in [4.69, 9.17) is 17.3 Å². The highest BCUT2D eigenvalue weighted by Gasteiger charge is 2.01. The summed E-state index contributed by atoms with van der Waals surface area (Å²) >= 11 is 5.96. The quantitative estimate of drug-likeness (QED) is 0.861. The fourth-order valence-corrected chi connectivity index (χ4v) is 2.01. The molecule has 0 aliphatic heterocycles. The Morgan fingerprint density at radius 3 is 2.38 bits per heavy atom. The molecule has 2 heteroatoms. The molecule has 0 aromatic heterocycles. The van der Waals surface area contributed by atoms with Crippen LogP contribution >= 0.6 is 11.6 Å². The van der Waals surface area contributed by atoms with E-state index in [0.717, 1.165) is 11.4 Å². The van der Waals surface area contributed by atoms with Crippen LogP contribution in [0.2, 0.25) is 5.02 Å². The number of hydrogen-bond acceptors (Lipinski definition) is 1. The third-order valence-electron chi connectivity index (χ3n) is 2.62. The summed E-state index contributed by atoms with van der Waals surface area (Å²) in [7, 11) is 0. The van der Waals surface area contributed by atoms with Crippen LogP contribution in [0.3, 0.4) is 0 Å². The average molecular weight is 232 g/mol. The van der Waals surface area contributed by atoms with E-state index in [9.17, 15) is 0 Å². The van der Waals surface area contributed by atoms with Gasteiger partial charge in [0, 0.05) is 11.6 Å². The van der Waals surface area contributed by atoms with Gasteiger partial charge >= 0.3 is 0 Å². The van der Waals surface area contributed by atoms with Gasteiger partial charge in [-0.3, -0.25) is 0 Å². The van der Waals surface area contributed by atoms with Gasteiger partial charge in [0.1, 0.15) is 0 Å². The van der Waals surface area contributed by atoms with E-state index >= 15 is 0 Å². The molecule has 2 N–H and O–H groups in total. The van der Waals surface area contributed by atoms with Crippen LogP contribution in [0, 0.1) is 0 Å². The number of rotatable bonds is 3. The molecule has 0 atom stereocenters. The van der Waals surface area contributed by atoms with E-state index in [1.807, 2.05) is 30.3 Å². The van der Waals surface area contributed by atoms with E-state index in [0.29, 0.717) is 6.54 Å². The predicted octanol–water partition coefficient (Wildman–Crippen LogP) is 3.39. The van der Waals surface area contributed by atoms with Gasteiger partial charge in [0.25, 0.3) is 0 Å². The van der Waals surface area contributed by atoms with Gasteiger partial charge < -0.3 is 5.73 Å². The van der Waals surface area contributed by atoms with Crippen LogP contribution in [0.1, 0.15) is 16.7 Å². The third kappa shape index (κ3) is 2.63. The fraction of sp³-hybridized carbons (Fsp3) is 0.143.